The number of carbonyl (C=O) groups excluding carboxylic acids is 1. The van der Waals surface area contributed by atoms with Crippen LogP contribution in [0.4, 0.5) is 0 Å². The van der Waals surface area contributed by atoms with E-state index in [1.165, 1.54) is 19.3 Å². The molecular weight excluding hydrogens is 250 g/mol. The van der Waals surface area contributed by atoms with Crippen LogP contribution in [0.15, 0.2) is 24.3 Å². The Morgan fingerprint density at radius 2 is 1.80 bits per heavy atom. The zero-order valence-corrected chi connectivity index (χ0v) is 11.8. The highest BCUT2D eigenvalue weighted by atomic mass is 16.3. The molecule has 4 rings (SSSR count). The lowest BCUT2D eigenvalue weighted by atomic mass is 10.0. The van der Waals surface area contributed by atoms with Gasteiger partial charge in [-0.3, -0.25) is 4.79 Å². The van der Waals surface area contributed by atoms with Crippen LogP contribution >= 0.6 is 0 Å². The molecule has 2 bridgehead atoms. The number of benzene rings is 1. The van der Waals surface area contributed by atoms with Gasteiger partial charge in [0.05, 0.1) is 0 Å². The van der Waals surface area contributed by atoms with Gasteiger partial charge in [-0.05, 0) is 60.6 Å². The highest BCUT2D eigenvalue weighted by Crippen LogP contribution is 2.69. The van der Waals surface area contributed by atoms with Gasteiger partial charge in [0.1, 0.15) is 5.75 Å². The minimum absolute atomic E-state index is 0.274. The average molecular weight is 271 g/mol. The van der Waals surface area contributed by atoms with Crippen LogP contribution in [-0.2, 0) is 11.3 Å². The molecule has 0 aromatic heterocycles. The first kappa shape index (κ1) is 12.2. The second kappa shape index (κ2) is 4.24. The molecule has 106 valence electrons. The molecule has 3 heteroatoms. The predicted molar refractivity (Wildman–Crippen MR) is 75.9 cm³/mol. The molecule has 1 aromatic carbocycles. The minimum Gasteiger partial charge on any atom is -0.508 e. The maximum atomic E-state index is 12.6. The third kappa shape index (κ3) is 1.75. The van der Waals surface area contributed by atoms with Crippen LogP contribution in [0.1, 0.15) is 24.8 Å². The number of hydrogen-bond acceptors (Lipinski definition) is 2. The molecule has 1 aromatic rings. The van der Waals surface area contributed by atoms with Crippen LogP contribution in [0, 0.1) is 29.6 Å². The van der Waals surface area contributed by atoms with Gasteiger partial charge >= 0.3 is 0 Å². The van der Waals surface area contributed by atoms with Crippen molar-refractivity contribution in [3.05, 3.63) is 29.8 Å². The molecule has 3 saturated carbocycles. The summed E-state index contributed by atoms with van der Waals surface area (Å²) in [6.45, 7) is 0.643. The summed E-state index contributed by atoms with van der Waals surface area (Å²) < 4.78 is 0. The van der Waals surface area contributed by atoms with Crippen LogP contribution in [0.25, 0.3) is 0 Å². The number of carbonyl (C=O) groups is 1. The molecule has 4 unspecified atom stereocenters. The number of phenolic OH excluding ortho intramolecular Hbond substituents is 1. The number of amides is 1. The van der Waals surface area contributed by atoms with Crippen LogP contribution in [0.2, 0.25) is 0 Å². The Hall–Kier alpha value is -1.51. The van der Waals surface area contributed by atoms with Crippen molar-refractivity contribution in [3.63, 3.8) is 0 Å². The molecule has 3 aliphatic carbocycles. The molecule has 3 fully saturated rings. The predicted octanol–water partition coefficient (Wildman–Crippen LogP) is 2.64. The summed E-state index contributed by atoms with van der Waals surface area (Å²) in [6, 6.07) is 7.13. The molecule has 0 spiro atoms. The normalized spacial score (nSPS) is 36.8. The number of hydrogen-bond donors (Lipinski definition) is 1. The standard InChI is InChI=1S/C17H21NO2/c1-18(9-10-2-6-13(19)7-3-10)17(20)16-14-11-4-5-12(8-11)15(14)16/h2-3,6-7,11-12,14-16,19H,4-5,8-9H2,1H3. The van der Waals surface area contributed by atoms with E-state index >= 15 is 0 Å². The first-order valence-corrected chi connectivity index (χ1v) is 7.68. The molecule has 0 radical (unpaired) electrons. The summed E-state index contributed by atoms with van der Waals surface area (Å²) in [5, 5.41) is 9.29. The summed E-state index contributed by atoms with van der Waals surface area (Å²) in [5.74, 6) is 4.05. The van der Waals surface area contributed by atoms with Gasteiger partial charge in [-0.2, -0.15) is 0 Å². The zero-order valence-electron chi connectivity index (χ0n) is 11.8. The van der Waals surface area contributed by atoms with Crippen LogP contribution in [0.3, 0.4) is 0 Å². The van der Waals surface area contributed by atoms with Gasteiger partial charge in [0.15, 0.2) is 0 Å². The number of fused-ring (bicyclic) bond motifs is 5. The van der Waals surface area contributed by atoms with E-state index in [-0.39, 0.29) is 5.75 Å². The molecule has 1 N–H and O–H groups in total. The summed E-state index contributed by atoms with van der Waals surface area (Å²) in [6.07, 6.45) is 4.11. The Balaban J connectivity index is 1.41. The fraction of sp³-hybridized carbons (Fsp3) is 0.588. The van der Waals surface area contributed by atoms with Crippen LogP contribution in [-0.4, -0.2) is 23.0 Å². The number of nitrogens with zero attached hydrogens (tertiary/aromatic N) is 1. The van der Waals surface area contributed by atoms with Gasteiger partial charge in [0.2, 0.25) is 5.91 Å². The maximum absolute atomic E-state index is 12.6. The van der Waals surface area contributed by atoms with Crippen LogP contribution < -0.4 is 0 Å². The van der Waals surface area contributed by atoms with Crippen molar-refractivity contribution in [2.24, 2.45) is 29.6 Å². The highest BCUT2D eigenvalue weighted by molar-refractivity contribution is 5.82. The summed E-state index contributed by atoms with van der Waals surface area (Å²) >= 11 is 0. The topological polar surface area (TPSA) is 40.5 Å². The molecule has 0 saturated heterocycles. The smallest absolute Gasteiger partial charge is 0.226 e. The molecule has 4 atom stereocenters. The molecule has 3 nitrogen and oxygen atoms in total. The molecule has 0 aliphatic heterocycles. The maximum Gasteiger partial charge on any atom is 0.226 e. The third-order valence-corrected chi connectivity index (χ3v) is 5.75. The van der Waals surface area contributed by atoms with Crippen molar-refractivity contribution in [1.82, 2.24) is 4.90 Å². The fourth-order valence-corrected chi connectivity index (χ4v) is 4.86. The molecule has 0 heterocycles. The fourth-order valence-electron chi connectivity index (χ4n) is 4.86. The van der Waals surface area contributed by atoms with E-state index in [4.69, 9.17) is 0 Å². The van der Waals surface area contributed by atoms with E-state index in [9.17, 15) is 9.90 Å². The van der Waals surface area contributed by atoms with E-state index in [0.29, 0.717) is 30.2 Å². The van der Waals surface area contributed by atoms with Gasteiger partial charge in [0, 0.05) is 19.5 Å². The average Bonchev–Trinajstić information content (AvgIpc) is 2.87. The largest absolute Gasteiger partial charge is 0.508 e. The molecule has 20 heavy (non-hydrogen) atoms. The van der Waals surface area contributed by atoms with Gasteiger partial charge in [-0.1, -0.05) is 12.1 Å². The summed E-state index contributed by atoms with van der Waals surface area (Å²) in [4.78, 5) is 14.5. The third-order valence-electron chi connectivity index (χ3n) is 5.75. The zero-order chi connectivity index (χ0) is 13.9. The Morgan fingerprint density at radius 1 is 1.20 bits per heavy atom. The highest BCUT2D eigenvalue weighted by Gasteiger charge is 2.67. The van der Waals surface area contributed by atoms with Crippen LogP contribution in [0.5, 0.6) is 5.75 Å². The lowest BCUT2D eigenvalue weighted by molar-refractivity contribution is -0.132. The molecular formula is C17H21NO2. The minimum atomic E-state index is 0.274. The lowest BCUT2D eigenvalue weighted by Gasteiger charge is -2.19. The SMILES string of the molecule is CN(Cc1ccc(O)cc1)C(=O)C1C2C3CCC(C3)C12. The van der Waals surface area contributed by atoms with Gasteiger partial charge < -0.3 is 10.0 Å². The van der Waals surface area contributed by atoms with Gasteiger partial charge in [0.25, 0.3) is 0 Å². The Kier molecular flexibility index (Phi) is 2.60. The number of phenols is 1. The van der Waals surface area contributed by atoms with E-state index in [1.807, 2.05) is 24.1 Å². The second-order valence-corrected chi connectivity index (χ2v) is 6.87. The number of aromatic hydroxyl groups is 1. The first-order valence-electron chi connectivity index (χ1n) is 7.68. The Labute approximate surface area is 119 Å². The Bertz CT molecular complexity index is 522. The van der Waals surface area contributed by atoms with Crippen molar-refractivity contribution in [2.45, 2.75) is 25.8 Å². The van der Waals surface area contributed by atoms with E-state index in [2.05, 4.69) is 0 Å². The van der Waals surface area contributed by atoms with Crippen molar-refractivity contribution in [3.8, 4) is 5.75 Å². The lowest BCUT2D eigenvalue weighted by Crippen LogP contribution is -2.29. The van der Waals surface area contributed by atoms with Crippen molar-refractivity contribution in [2.75, 3.05) is 7.05 Å². The quantitative estimate of drug-likeness (QED) is 0.918. The molecule has 1 amide bonds. The second-order valence-electron chi connectivity index (χ2n) is 6.87. The van der Waals surface area contributed by atoms with Crippen molar-refractivity contribution >= 4 is 5.91 Å². The number of rotatable bonds is 3. The van der Waals surface area contributed by atoms with E-state index in [1.54, 1.807) is 12.1 Å². The van der Waals surface area contributed by atoms with Gasteiger partial charge in [-0.25, -0.2) is 0 Å². The Morgan fingerprint density at radius 3 is 2.40 bits per heavy atom. The monoisotopic (exact) mass is 271 g/mol. The summed E-state index contributed by atoms with van der Waals surface area (Å²) in [5.41, 5.74) is 1.08. The van der Waals surface area contributed by atoms with Crippen molar-refractivity contribution in [1.29, 1.82) is 0 Å². The van der Waals surface area contributed by atoms with E-state index in [0.717, 1.165) is 17.4 Å². The first-order chi connectivity index (χ1) is 9.65. The van der Waals surface area contributed by atoms with Gasteiger partial charge in [-0.15, -0.1) is 0 Å². The molecule has 3 aliphatic rings. The van der Waals surface area contributed by atoms with E-state index < -0.39 is 0 Å². The van der Waals surface area contributed by atoms with Crippen molar-refractivity contribution < 1.29 is 9.90 Å². The summed E-state index contributed by atoms with van der Waals surface area (Å²) in [7, 11) is 1.91.